The first kappa shape index (κ1) is 29.2. The molecule has 4 aromatic rings. The number of carbonyl (C=O) groups excluding carboxylic acids is 2. The molecule has 3 aromatic carbocycles. The molecular formula is C33H36FN5O3. The average Bonchev–Trinajstić information content (AvgIpc) is 3.00. The number of pyridine rings is 1. The fraction of sp³-hybridized carbons (Fsp3) is 0.303. The van der Waals surface area contributed by atoms with Crippen LogP contribution in [0, 0.1) is 5.82 Å². The molecule has 0 saturated carbocycles. The highest BCUT2D eigenvalue weighted by molar-refractivity contribution is 6.11. The zero-order valence-electron chi connectivity index (χ0n) is 24.4. The molecule has 2 heterocycles. The van der Waals surface area contributed by atoms with E-state index in [1.54, 1.807) is 42.5 Å². The van der Waals surface area contributed by atoms with Gasteiger partial charge in [-0.25, -0.2) is 14.2 Å². The molecule has 1 aromatic heterocycles. The average molecular weight is 570 g/mol. The van der Waals surface area contributed by atoms with Crippen molar-refractivity contribution in [2.24, 2.45) is 0 Å². The highest BCUT2D eigenvalue weighted by Gasteiger charge is 2.30. The Balaban J connectivity index is 1.64. The van der Waals surface area contributed by atoms with Crippen molar-refractivity contribution in [3.05, 3.63) is 95.8 Å². The Labute approximate surface area is 245 Å². The lowest BCUT2D eigenvalue weighted by Crippen LogP contribution is -2.53. The van der Waals surface area contributed by atoms with Crippen molar-refractivity contribution >= 4 is 28.6 Å². The monoisotopic (exact) mass is 569 g/mol. The molecule has 0 bridgehead atoms. The summed E-state index contributed by atoms with van der Waals surface area (Å²) in [6.45, 7) is 10.3. The van der Waals surface area contributed by atoms with Gasteiger partial charge in [0.25, 0.3) is 5.91 Å². The number of methoxy groups -OCH3 is 1. The van der Waals surface area contributed by atoms with E-state index in [1.165, 1.54) is 13.2 Å². The summed E-state index contributed by atoms with van der Waals surface area (Å²) in [5, 5.41) is 1.14. The predicted molar refractivity (Wildman–Crippen MR) is 163 cm³/mol. The molecule has 1 N–H and O–H groups in total. The first-order valence-electron chi connectivity index (χ1n) is 14.1. The van der Waals surface area contributed by atoms with Crippen LogP contribution in [0.2, 0.25) is 0 Å². The fourth-order valence-corrected chi connectivity index (χ4v) is 5.39. The van der Waals surface area contributed by atoms with Crippen LogP contribution in [0.15, 0.2) is 78.9 Å². The number of hydrazine groups is 1. The van der Waals surface area contributed by atoms with Gasteiger partial charge in [0.15, 0.2) is 0 Å². The number of piperazine rings is 1. The highest BCUT2D eigenvalue weighted by atomic mass is 19.1. The molecule has 8 nitrogen and oxygen atoms in total. The smallest absolute Gasteiger partial charge is 0.433 e. The van der Waals surface area contributed by atoms with E-state index in [2.05, 4.69) is 36.0 Å². The number of hydrogen-bond donors (Lipinski definition) is 1. The number of halogens is 1. The summed E-state index contributed by atoms with van der Waals surface area (Å²) in [4.78, 5) is 36.7. The van der Waals surface area contributed by atoms with Crippen molar-refractivity contribution in [1.29, 1.82) is 0 Å². The Hall–Kier alpha value is -4.34. The Morgan fingerprint density at radius 3 is 2.19 bits per heavy atom. The van der Waals surface area contributed by atoms with E-state index in [-0.39, 0.29) is 16.5 Å². The number of rotatable bonds is 5. The Morgan fingerprint density at radius 1 is 0.929 bits per heavy atom. The van der Waals surface area contributed by atoms with Gasteiger partial charge in [0.1, 0.15) is 5.82 Å². The second-order valence-electron chi connectivity index (χ2n) is 11.3. The van der Waals surface area contributed by atoms with E-state index >= 15 is 4.39 Å². The number of carbonyl (C=O) groups is 2. The second-order valence-corrected chi connectivity index (χ2v) is 11.3. The summed E-state index contributed by atoms with van der Waals surface area (Å²) < 4.78 is 20.6. The minimum absolute atomic E-state index is 0.0503. The van der Waals surface area contributed by atoms with Gasteiger partial charge < -0.3 is 4.74 Å². The predicted octanol–water partition coefficient (Wildman–Crippen LogP) is 5.87. The Bertz CT molecular complexity index is 1570. The van der Waals surface area contributed by atoms with Gasteiger partial charge in [0, 0.05) is 54.8 Å². The van der Waals surface area contributed by atoms with Crippen LogP contribution >= 0.6 is 0 Å². The van der Waals surface area contributed by atoms with E-state index in [9.17, 15) is 9.59 Å². The van der Waals surface area contributed by atoms with Crippen molar-refractivity contribution < 1.29 is 18.7 Å². The minimum Gasteiger partial charge on any atom is -0.451 e. The molecule has 1 fully saturated rings. The zero-order chi connectivity index (χ0) is 29.9. The van der Waals surface area contributed by atoms with Crippen LogP contribution in [0.3, 0.4) is 0 Å². The molecule has 0 atom stereocenters. The number of nitrogens with zero attached hydrogens (tertiary/aromatic N) is 4. The summed E-state index contributed by atoms with van der Waals surface area (Å²) in [5.41, 5.74) is 5.65. The highest BCUT2D eigenvalue weighted by Crippen LogP contribution is 2.33. The molecule has 0 unspecified atom stereocenters. The number of amides is 2. The third-order valence-corrected chi connectivity index (χ3v) is 7.62. The SMILES string of the molecule is COC(=O)N(NC(=O)c1c(CN2CCN(C(C)(C)C)CC2)c(-c2ccccc2)nc2cccc(F)c12)c1ccccc1. The molecular weight excluding hydrogens is 533 g/mol. The molecule has 0 aliphatic carbocycles. The fourth-order valence-electron chi connectivity index (χ4n) is 5.39. The number of benzene rings is 3. The lowest BCUT2D eigenvalue weighted by atomic mass is 9.95. The van der Waals surface area contributed by atoms with E-state index < -0.39 is 17.8 Å². The van der Waals surface area contributed by atoms with Gasteiger partial charge in [-0.1, -0.05) is 54.6 Å². The molecule has 42 heavy (non-hydrogen) atoms. The summed E-state index contributed by atoms with van der Waals surface area (Å²) >= 11 is 0. The maximum atomic E-state index is 15.6. The van der Waals surface area contributed by atoms with Crippen LogP contribution in [0.4, 0.5) is 14.9 Å². The van der Waals surface area contributed by atoms with Gasteiger partial charge in [-0.2, -0.15) is 5.01 Å². The lowest BCUT2D eigenvalue weighted by Gasteiger charge is -2.42. The molecule has 218 valence electrons. The number of hydrogen-bond acceptors (Lipinski definition) is 6. The van der Waals surface area contributed by atoms with E-state index in [0.29, 0.717) is 29.0 Å². The second kappa shape index (κ2) is 12.3. The molecule has 0 radical (unpaired) electrons. The molecule has 0 spiro atoms. The van der Waals surface area contributed by atoms with Gasteiger partial charge in [0.05, 0.1) is 29.6 Å². The van der Waals surface area contributed by atoms with Gasteiger partial charge in [-0.15, -0.1) is 0 Å². The first-order valence-corrected chi connectivity index (χ1v) is 14.1. The lowest BCUT2D eigenvalue weighted by molar-refractivity contribution is 0.0589. The van der Waals surface area contributed by atoms with Crippen LogP contribution in [-0.4, -0.2) is 65.6 Å². The number of fused-ring (bicyclic) bond motifs is 1. The van der Waals surface area contributed by atoms with Crippen molar-refractivity contribution in [1.82, 2.24) is 20.2 Å². The van der Waals surface area contributed by atoms with Crippen LogP contribution in [0.25, 0.3) is 22.2 Å². The normalized spacial score (nSPS) is 14.5. The van der Waals surface area contributed by atoms with Crippen molar-refractivity contribution in [3.63, 3.8) is 0 Å². The van der Waals surface area contributed by atoms with Crippen LogP contribution < -0.4 is 10.4 Å². The summed E-state index contributed by atoms with van der Waals surface area (Å²) in [6.07, 6.45) is -0.781. The number of para-hydroxylation sites is 1. The van der Waals surface area contributed by atoms with Crippen LogP contribution in [0.1, 0.15) is 36.7 Å². The number of nitrogens with one attached hydrogen (secondary N) is 1. The van der Waals surface area contributed by atoms with E-state index in [1.807, 2.05) is 30.3 Å². The van der Waals surface area contributed by atoms with Crippen molar-refractivity contribution in [2.75, 3.05) is 38.3 Å². The standard InChI is InChI=1S/C33H36FN5O3/c1-33(2,3)38-20-18-37(19-21-38)22-25-28(31(40)36-39(32(41)42-4)24-14-9-6-10-15-24)29-26(34)16-11-17-27(29)35-30(25)23-12-7-5-8-13-23/h5-17H,18-22H2,1-4H3,(H,36,40). The third kappa shape index (κ3) is 6.12. The van der Waals surface area contributed by atoms with Crippen LogP contribution in [-0.2, 0) is 11.3 Å². The van der Waals surface area contributed by atoms with Crippen molar-refractivity contribution in [3.8, 4) is 11.3 Å². The maximum Gasteiger partial charge on any atom is 0.433 e. The third-order valence-electron chi connectivity index (χ3n) is 7.62. The maximum absolute atomic E-state index is 15.6. The zero-order valence-corrected chi connectivity index (χ0v) is 24.4. The molecule has 1 aliphatic heterocycles. The quantitative estimate of drug-likeness (QED) is 0.303. The summed E-state index contributed by atoms with van der Waals surface area (Å²) in [7, 11) is 1.24. The van der Waals surface area contributed by atoms with Gasteiger partial charge in [-0.3, -0.25) is 20.0 Å². The molecule has 1 aliphatic rings. The molecule has 1 saturated heterocycles. The van der Waals surface area contributed by atoms with Gasteiger partial charge in [-0.05, 0) is 45.0 Å². The molecule has 2 amide bonds. The van der Waals surface area contributed by atoms with Crippen molar-refractivity contribution in [2.45, 2.75) is 32.9 Å². The largest absolute Gasteiger partial charge is 0.451 e. The van der Waals surface area contributed by atoms with E-state index in [4.69, 9.17) is 9.72 Å². The number of anilines is 1. The Morgan fingerprint density at radius 2 is 1.57 bits per heavy atom. The van der Waals surface area contributed by atoms with Gasteiger partial charge >= 0.3 is 6.09 Å². The summed E-state index contributed by atoms with van der Waals surface area (Å²) in [6, 6.07) is 22.8. The topological polar surface area (TPSA) is 78.0 Å². The van der Waals surface area contributed by atoms with Gasteiger partial charge in [0.2, 0.25) is 0 Å². The Kier molecular flexibility index (Phi) is 8.51. The summed E-state index contributed by atoms with van der Waals surface area (Å²) in [5.74, 6) is -1.20. The van der Waals surface area contributed by atoms with Crippen LogP contribution in [0.5, 0.6) is 0 Å². The first-order chi connectivity index (χ1) is 20.2. The number of aromatic nitrogens is 1. The number of ether oxygens (including phenoxy) is 1. The molecule has 5 rings (SSSR count). The minimum atomic E-state index is -0.781. The van der Waals surface area contributed by atoms with E-state index in [0.717, 1.165) is 36.8 Å². The molecule has 9 heteroatoms.